The third-order valence-corrected chi connectivity index (χ3v) is 3.20. The van der Waals surface area contributed by atoms with Crippen LogP contribution in [0.4, 0.5) is 0 Å². The van der Waals surface area contributed by atoms with Gasteiger partial charge in [0.05, 0.1) is 17.1 Å². The number of fused-ring (bicyclic) bond motifs is 1. The molecule has 5 heteroatoms. The maximum absolute atomic E-state index is 9.42. The van der Waals surface area contributed by atoms with Crippen molar-refractivity contribution in [2.75, 3.05) is 0 Å². The molecule has 1 atom stereocenters. The lowest BCUT2D eigenvalue weighted by molar-refractivity contribution is 0.784. The first kappa shape index (κ1) is 11.5. The van der Waals surface area contributed by atoms with Crippen LogP contribution in [0.25, 0.3) is 11.0 Å². The molecule has 0 fully saturated rings. The maximum Gasteiger partial charge on any atom is 0.130 e. The van der Waals surface area contributed by atoms with Crippen molar-refractivity contribution in [3.05, 3.63) is 47.8 Å². The number of nitrogens with zero attached hydrogens (tertiary/aromatic N) is 4. The molecule has 0 radical (unpaired) electrons. The van der Waals surface area contributed by atoms with E-state index in [4.69, 9.17) is 0 Å². The van der Waals surface area contributed by atoms with Crippen LogP contribution in [0.3, 0.4) is 0 Å². The number of nitrogens with one attached hydrogen (secondary N) is 1. The van der Waals surface area contributed by atoms with E-state index in [1.807, 2.05) is 42.9 Å². The molecule has 2 aromatic heterocycles. The second kappa shape index (κ2) is 4.25. The Bertz CT molecular complexity index is 775. The molecule has 0 aliphatic carbocycles. The smallest absolute Gasteiger partial charge is 0.130 e. The van der Waals surface area contributed by atoms with Crippen LogP contribution >= 0.6 is 0 Å². The Kier molecular flexibility index (Phi) is 2.57. The van der Waals surface area contributed by atoms with E-state index in [9.17, 15) is 5.26 Å². The highest BCUT2D eigenvalue weighted by Crippen LogP contribution is 2.25. The summed E-state index contributed by atoms with van der Waals surface area (Å²) in [6.07, 6.45) is 3.55. The minimum absolute atomic E-state index is 0.368. The summed E-state index contributed by atoms with van der Waals surface area (Å²) < 4.78 is 1.87. The fraction of sp³-hybridized carbons (Fsp3) is 0.214. The van der Waals surface area contributed by atoms with Crippen molar-refractivity contribution >= 4 is 11.0 Å². The Balaban J connectivity index is 2.12. The first-order valence-electron chi connectivity index (χ1n) is 6.02. The number of aromatic amines is 1. The van der Waals surface area contributed by atoms with Crippen LogP contribution in [0.15, 0.2) is 30.6 Å². The zero-order valence-electron chi connectivity index (χ0n) is 10.8. The minimum Gasteiger partial charge on any atom is -0.342 e. The number of H-pyrrole nitrogens is 1. The molecule has 0 saturated carbocycles. The highest BCUT2D eigenvalue weighted by atomic mass is 15.0. The van der Waals surface area contributed by atoms with Crippen molar-refractivity contribution in [1.29, 1.82) is 5.26 Å². The summed E-state index contributed by atoms with van der Waals surface area (Å²) >= 11 is 0. The summed E-state index contributed by atoms with van der Waals surface area (Å²) in [5.74, 6) is 1.25. The van der Waals surface area contributed by atoms with E-state index in [1.165, 1.54) is 0 Å². The molecule has 0 saturated heterocycles. The third kappa shape index (κ3) is 1.87. The molecule has 0 aliphatic heterocycles. The van der Waals surface area contributed by atoms with Gasteiger partial charge in [0.15, 0.2) is 0 Å². The number of hydrogen-bond acceptors (Lipinski definition) is 3. The second-order valence-electron chi connectivity index (χ2n) is 4.56. The van der Waals surface area contributed by atoms with Crippen LogP contribution in [0, 0.1) is 18.3 Å². The van der Waals surface area contributed by atoms with E-state index in [1.54, 1.807) is 6.20 Å². The number of aromatic nitrogens is 4. The maximum atomic E-state index is 9.42. The summed E-state index contributed by atoms with van der Waals surface area (Å²) in [6.45, 7) is 1.92. The molecule has 0 bridgehead atoms. The van der Waals surface area contributed by atoms with Crippen LogP contribution in [-0.2, 0) is 7.05 Å². The van der Waals surface area contributed by atoms with Crippen molar-refractivity contribution in [3.8, 4) is 6.07 Å². The molecule has 94 valence electrons. The fourth-order valence-electron chi connectivity index (χ4n) is 2.27. The van der Waals surface area contributed by atoms with Crippen molar-refractivity contribution in [1.82, 2.24) is 19.5 Å². The average molecular weight is 251 g/mol. The number of aryl methyl sites for hydroxylation is 2. The largest absolute Gasteiger partial charge is 0.342 e. The normalized spacial score (nSPS) is 12.5. The molecule has 5 nitrogen and oxygen atoms in total. The van der Waals surface area contributed by atoms with Crippen molar-refractivity contribution in [3.63, 3.8) is 0 Å². The highest BCUT2D eigenvalue weighted by molar-refractivity contribution is 5.76. The minimum atomic E-state index is -0.368. The molecule has 0 spiro atoms. The van der Waals surface area contributed by atoms with Gasteiger partial charge in [-0.1, -0.05) is 6.07 Å². The van der Waals surface area contributed by atoms with Crippen molar-refractivity contribution in [2.45, 2.75) is 12.8 Å². The first-order valence-corrected chi connectivity index (χ1v) is 6.02. The molecule has 2 heterocycles. The summed E-state index contributed by atoms with van der Waals surface area (Å²) in [6, 6.07) is 8.15. The van der Waals surface area contributed by atoms with Gasteiger partial charge in [0.1, 0.15) is 17.6 Å². The van der Waals surface area contributed by atoms with E-state index in [-0.39, 0.29) is 5.92 Å². The molecular weight excluding hydrogens is 238 g/mol. The van der Waals surface area contributed by atoms with E-state index >= 15 is 0 Å². The SMILES string of the molecule is Cc1nc2ccc(C(C#N)c3nccn3C)cc2[nH]1. The third-order valence-electron chi connectivity index (χ3n) is 3.20. The number of imidazole rings is 2. The summed E-state index contributed by atoms with van der Waals surface area (Å²) in [5, 5.41) is 9.42. The molecule has 3 rings (SSSR count). The molecule has 3 aromatic rings. The summed E-state index contributed by atoms with van der Waals surface area (Å²) in [5.41, 5.74) is 2.79. The van der Waals surface area contributed by atoms with E-state index in [2.05, 4.69) is 21.0 Å². The van der Waals surface area contributed by atoms with Crippen LogP contribution < -0.4 is 0 Å². The van der Waals surface area contributed by atoms with Crippen molar-refractivity contribution < 1.29 is 0 Å². The molecule has 1 aromatic carbocycles. The van der Waals surface area contributed by atoms with Gasteiger partial charge in [0, 0.05) is 19.4 Å². The molecule has 0 amide bonds. The van der Waals surface area contributed by atoms with Crippen LogP contribution in [0.5, 0.6) is 0 Å². The predicted molar refractivity (Wildman–Crippen MR) is 71.5 cm³/mol. The Hall–Kier alpha value is -2.61. The first-order chi connectivity index (χ1) is 9.19. The van der Waals surface area contributed by atoms with Gasteiger partial charge in [-0.05, 0) is 24.6 Å². The van der Waals surface area contributed by atoms with Gasteiger partial charge in [-0.15, -0.1) is 0 Å². The van der Waals surface area contributed by atoms with Crippen molar-refractivity contribution in [2.24, 2.45) is 7.05 Å². The summed E-state index contributed by atoms with van der Waals surface area (Å²) in [7, 11) is 1.89. The fourth-order valence-corrected chi connectivity index (χ4v) is 2.27. The second-order valence-corrected chi connectivity index (χ2v) is 4.56. The Morgan fingerprint density at radius 1 is 1.42 bits per heavy atom. The predicted octanol–water partition coefficient (Wildman–Crippen LogP) is 2.26. The molecule has 1 unspecified atom stereocenters. The monoisotopic (exact) mass is 251 g/mol. The summed E-state index contributed by atoms with van der Waals surface area (Å²) in [4.78, 5) is 11.8. The number of benzene rings is 1. The molecule has 19 heavy (non-hydrogen) atoms. The lowest BCUT2D eigenvalue weighted by atomic mass is 9.99. The number of nitriles is 1. The van der Waals surface area contributed by atoms with E-state index < -0.39 is 0 Å². The van der Waals surface area contributed by atoms with Gasteiger partial charge >= 0.3 is 0 Å². The zero-order valence-corrected chi connectivity index (χ0v) is 10.8. The lowest BCUT2D eigenvalue weighted by Gasteiger charge is -2.09. The van der Waals surface area contributed by atoms with Gasteiger partial charge < -0.3 is 9.55 Å². The van der Waals surface area contributed by atoms with E-state index in [0.29, 0.717) is 0 Å². The van der Waals surface area contributed by atoms with Gasteiger partial charge in [-0.3, -0.25) is 0 Å². The molecule has 1 N–H and O–H groups in total. The number of hydrogen-bond donors (Lipinski definition) is 1. The average Bonchev–Trinajstić information content (AvgIpc) is 2.95. The van der Waals surface area contributed by atoms with Crippen LogP contribution in [0.1, 0.15) is 23.1 Å². The van der Waals surface area contributed by atoms with Gasteiger partial charge in [0.25, 0.3) is 0 Å². The van der Waals surface area contributed by atoms with Gasteiger partial charge in [0.2, 0.25) is 0 Å². The van der Waals surface area contributed by atoms with Crippen LogP contribution in [-0.4, -0.2) is 19.5 Å². The molecule has 0 aliphatic rings. The van der Waals surface area contributed by atoms with Gasteiger partial charge in [-0.25, -0.2) is 9.97 Å². The highest BCUT2D eigenvalue weighted by Gasteiger charge is 2.18. The number of rotatable bonds is 2. The standard InChI is InChI=1S/C14H13N5/c1-9-17-12-4-3-10(7-13(12)18-9)11(8-15)14-16-5-6-19(14)2/h3-7,11H,1-2H3,(H,17,18). The quantitative estimate of drug-likeness (QED) is 0.759. The van der Waals surface area contributed by atoms with Gasteiger partial charge in [-0.2, -0.15) is 5.26 Å². The lowest BCUT2D eigenvalue weighted by Crippen LogP contribution is -2.05. The van der Waals surface area contributed by atoms with Crippen LogP contribution in [0.2, 0.25) is 0 Å². The molecular formula is C14H13N5. The Morgan fingerprint density at radius 3 is 2.95 bits per heavy atom. The van der Waals surface area contributed by atoms with E-state index in [0.717, 1.165) is 28.2 Å². The zero-order chi connectivity index (χ0) is 13.4. The Morgan fingerprint density at radius 2 is 2.26 bits per heavy atom. The topological polar surface area (TPSA) is 70.3 Å². The Labute approximate surface area is 110 Å².